The summed E-state index contributed by atoms with van der Waals surface area (Å²) in [6.45, 7) is 5.38. The number of H-pyrrole nitrogens is 1. The van der Waals surface area contributed by atoms with Crippen LogP contribution in [0, 0.1) is 0 Å². The average Bonchev–Trinajstić information content (AvgIpc) is 2.31. The molecule has 0 aromatic carbocycles. The summed E-state index contributed by atoms with van der Waals surface area (Å²) in [4.78, 5) is 27.4. The van der Waals surface area contributed by atoms with Crippen LogP contribution < -0.4 is 5.56 Å². The first-order valence-corrected chi connectivity index (χ1v) is 5.91. The zero-order valence-corrected chi connectivity index (χ0v) is 11.1. The number of rotatable bonds is 2. The second kappa shape index (κ2) is 4.79. The monoisotopic (exact) mass is 261 g/mol. The van der Waals surface area contributed by atoms with Crippen molar-refractivity contribution < 1.29 is 9.53 Å². The Kier molecular flexibility index (Phi) is 3.33. The van der Waals surface area contributed by atoms with Crippen LogP contribution >= 0.6 is 0 Å². The van der Waals surface area contributed by atoms with E-state index in [1.807, 2.05) is 0 Å². The lowest BCUT2D eigenvalue weighted by Crippen LogP contribution is -2.25. The second-order valence-corrected chi connectivity index (χ2v) is 5.16. The number of hydrogen-bond donors (Lipinski definition) is 1. The maximum absolute atomic E-state index is 11.8. The van der Waals surface area contributed by atoms with E-state index in [-0.39, 0.29) is 12.0 Å². The van der Waals surface area contributed by atoms with Gasteiger partial charge in [0.25, 0.3) is 5.56 Å². The highest BCUT2D eigenvalue weighted by Gasteiger charge is 2.18. The van der Waals surface area contributed by atoms with Gasteiger partial charge < -0.3 is 4.74 Å². The summed E-state index contributed by atoms with van der Waals surface area (Å²) in [7, 11) is 0. The topological polar surface area (TPSA) is 84.9 Å². The number of carbonyl (C=O) groups excluding carboxylic acids is 1. The van der Waals surface area contributed by atoms with Gasteiger partial charge in [-0.25, -0.2) is 5.10 Å². The van der Waals surface area contributed by atoms with E-state index in [0.29, 0.717) is 16.6 Å². The van der Waals surface area contributed by atoms with E-state index in [1.165, 1.54) is 0 Å². The highest BCUT2D eigenvalue weighted by Crippen LogP contribution is 2.13. The summed E-state index contributed by atoms with van der Waals surface area (Å²) in [6, 6.07) is 3.30. The van der Waals surface area contributed by atoms with Crippen molar-refractivity contribution in [3.8, 4) is 0 Å². The van der Waals surface area contributed by atoms with Crippen LogP contribution in [-0.4, -0.2) is 26.8 Å². The molecule has 1 N–H and O–H groups in total. The molecule has 0 saturated carbocycles. The van der Waals surface area contributed by atoms with Crippen molar-refractivity contribution in [1.82, 2.24) is 15.2 Å². The first kappa shape index (κ1) is 13.2. The number of nitrogens with zero attached hydrogens (tertiary/aromatic N) is 2. The van der Waals surface area contributed by atoms with Crippen LogP contribution in [0.2, 0.25) is 0 Å². The Bertz CT molecular complexity index is 671. The third-order valence-corrected chi connectivity index (χ3v) is 2.35. The number of aromatic nitrogens is 3. The molecule has 0 aliphatic carbocycles. The van der Waals surface area contributed by atoms with E-state index in [1.54, 1.807) is 39.1 Å². The third-order valence-electron chi connectivity index (χ3n) is 2.35. The number of nitrogens with one attached hydrogen (secondary N) is 1. The van der Waals surface area contributed by atoms with Gasteiger partial charge >= 0.3 is 5.97 Å². The molecule has 6 nitrogen and oxygen atoms in total. The number of fused-ring (bicyclic) bond motifs is 1. The number of ether oxygens (including phenoxy) is 1. The molecule has 0 unspecified atom stereocenters. The summed E-state index contributed by atoms with van der Waals surface area (Å²) in [5.74, 6) is -0.404. The molecule has 0 bridgehead atoms. The van der Waals surface area contributed by atoms with Gasteiger partial charge in [0.15, 0.2) is 0 Å². The van der Waals surface area contributed by atoms with Gasteiger partial charge in [0.2, 0.25) is 0 Å². The predicted molar refractivity (Wildman–Crippen MR) is 69.7 cm³/mol. The minimum atomic E-state index is -0.553. The molecule has 19 heavy (non-hydrogen) atoms. The molecule has 6 heteroatoms. The van der Waals surface area contributed by atoms with Crippen LogP contribution in [0.4, 0.5) is 0 Å². The Morgan fingerprint density at radius 1 is 1.42 bits per heavy atom. The fourth-order valence-electron chi connectivity index (χ4n) is 1.69. The SMILES string of the molecule is CC(C)(C)OC(=O)Cc1n[nH]c(=O)c2cccnc12. The van der Waals surface area contributed by atoms with Crippen molar-refractivity contribution in [3.05, 3.63) is 34.4 Å². The number of esters is 1. The third kappa shape index (κ3) is 3.15. The molecule has 0 radical (unpaired) electrons. The zero-order valence-electron chi connectivity index (χ0n) is 11.1. The van der Waals surface area contributed by atoms with E-state index in [9.17, 15) is 9.59 Å². The van der Waals surface area contributed by atoms with Crippen molar-refractivity contribution in [2.75, 3.05) is 0 Å². The molecule has 2 heterocycles. The summed E-state index contributed by atoms with van der Waals surface area (Å²) in [6.07, 6.45) is 1.53. The molecular formula is C13H15N3O3. The van der Waals surface area contributed by atoms with Crippen LogP contribution in [0.1, 0.15) is 26.5 Å². The molecule has 0 atom stereocenters. The van der Waals surface area contributed by atoms with Gasteiger partial charge in [-0.05, 0) is 32.9 Å². The summed E-state index contributed by atoms with van der Waals surface area (Å²) in [5.41, 5.74) is -0.0414. The summed E-state index contributed by atoms with van der Waals surface area (Å²) >= 11 is 0. The van der Waals surface area contributed by atoms with Crippen molar-refractivity contribution in [2.45, 2.75) is 32.8 Å². The molecule has 2 rings (SSSR count). The Labute approximate surface area is 109 Å². The van der Waals surface area contributed by atoms with Gasteiger partial charge in [-0.3, -0.25) is 14.6 Å². The van der Waals surface area contributed by atoms with Crippen LogP contribution in [0.5, 0.6) is 0 Å². The van der Waals surface area contributed by atoms with Crippen LogP contribution in [0.15, 0.2) is 23.1 Å². The average molecular weight is 261 g/mol. The molecule has 2 aromatic heterocycles. The van der Waals surface area contributed by atoms with Crippen LogP contribution in [-0.2, 0) is 16.0 Å². The van der Waals surface area contributed by atoms with Crippen molar-refractivity contribution in [2.24, 2.45) is 0 Å². The van der Waals surface area contributed by atoms with Crippen LogP contribution in [0.25, 0.3) is 10.9 Å². The second-order valence-electron chi connectivity index (χ2n) is 5.16. The maximum Gasteiger partial charge on any atom is 0.312 e. The Morgan fingerprint density at radius 2 is 2.16 bits per heavy atom. The first-order valence-electron chi connectivity index (χ1n) is 5.91. The van der Waals surface area contributed by atoms with E-state index < -0.39 is 11.6 Å². The Hall–Kier alpha value is -2.24. The van der Waals surface area contributed by atoms with Crippen molar-refractivity contribution in [1.29, 1.82) is 0 Å². The van der Waals surface area contributed by atoms with E-state index in [4.69, 9.17) is 4.74 Å². The highest BCUT2D eigenvalue weighted by molar-refractivity contribution is 5.83. The van der Waals surface area contributed by atoms with Gasteiger partial charge in [0.05, 0.1) is 23.0 Å². The summed E-state index contributed by atoms with van der Waals surface area (Å²) < 4.78 is 5.22. The van der Waals surface area contributed by atoms with Gasteiger partial charge in [-0.15, -0.1) is 0 Å². The molecule has 100 valence electrons. The van der Waals surface area contributed by atoms with Gasteiger partial charge in [0.1, 0.15) is 5.60 Å². The molecular weight excluding hydrogens is 246 g/mol. The fourth-order valence-corrected chi connectivity index (χ4v) is 1.69. The minimum Gasteiger partial charge on any atom is -0.460 e. The van der Waals surface area contributed by atoms with E-state index in [2.05, 4.69) is 15.2 Å². The normalized spacial score (nSPS) is 11.5. The van der Waals surface area contributed by atoms with Crippen molar-refractivity contribution in [3.63, 3.8) is 0 Å². The van der Waals surface area contributed by atoms with Crippen LogP contribution in [0.3, 0.4) is 0 Å². The number of pyridine rings is 1. The highest BCUT2D eigenvalue weighted by atomic mass is 16.6. The quantitative estimate of drug-likeness (QED) is 0.821. The van der Waals surface area contributed by atoms with Gasteiger partial charge in [-0.2, -0.15) is 5.10 Å². The molecule has 0 amide bonds. The smallest absolute Gasteiger partial charge is 0.312 e. The van der Waals surface area contributed by atoms with Crippen molar-refractivity contribution >= 4 is 16.9 Å². The zero-order chi connectivity index (χ0) is 14.0. The number of carbonyl (C=O) groups is 1. The lowest BCUT2D eigenvalue weighted by atomic mass is 10.1. The summed E-state index contributed by atoms with van der Waals surface area (Å²) in [5, 5.41) is 6.65. The molecule has 0 aliphatic heterocycles. The number of hydrogen-bond acceptors (Lipinski definition) is 5. The predicted octanol–water partition coefficient (Wildman–Crippen LogP) is 1.20. The molecule has 0 aliphatic rings. The Balaban J connectivity index is 2.34. The van der Waals surface area contributed by atoms with E-state index >= 15 is 0 Å². The lowest BCUT2D eigenvalue weighted by molar-refractivity contribution is -0.153. The molecule has 0 saturated heterocycles. The van der Waals surface area contributed by atoms with Gasteiger partial charge in [0, 0.05) is 6.20 Å². The standard InChI is InChI=1S/C13H15N3O3/c1-13(2,3)19-10(17)7-9-11-8(5-4-6-14-11)12(18)16-15-9/h4-6H,7H2,1-3H3,(H,16,18). The lowest BCUT2D eigenvalue weighted by Gasteiger charge is -2.19. The minimum absolute atomic E-state index is 0.0262. The van der Waals surface area contributed by atoms with Gasteiger partial charge in [-0.1, -0.05) is 0 Å². The number of aromatic amines is 1. The fraction of sp³-hybridized carbons (Fsp3) is 0.385. The molecule has 0 fully saturated rings. The largest absolute Gasteiger partial charge is 0.460 e. The first-order chi connectivity index (χ1) is 8.87. The van der Waals surface area contributed by atoms with E-state index in [0.717, 1.165) is 0 Å². The molecule has 0 spiro atoms. The Morgan fingerprint density at radius 3 is 2.84 bits per heavy atom. The molecule has 2 aromatic rings. The maximum atomic E-state index is 11.8.